The predicted octanol–water partition coefficient (Wildman–Crippen LogP) is 8.28. The number of rotatable bonds is 14. The minimum absolute atomic E-state index is 0.0644. The van der Waals surface area contributed by atoms with E-state index in [1.165, 1.54) is 17.7 Å². The number of hydrogen-bond donors (Lipinski definition) is 3. The molecule has 0 unspecified atom stereocenters. The first-order chi connectivity index (χ1) is 31.2. The summed E-state index contributed by atoms with van der Waals surface area (Å²) in [6.45, 7) is 13.9. The number of fused-ring (bicyclic) bond motifs is 1. The molecule has 3 aromatic carbocycles. The van der Waals surface area contributed by atoms with Crippen molar-refractivity contribution in [2.24, 2.45) is 0 Å². The monoisotopic (exact) mass is 971 g/mol. The first kappa shape index (κ1) is 46.5. The zero-order valence-electron chi connectivity index (χ0n) is 37.6. The number of ether oxygens (including phenoxy) is 1. The lowest BCUT2D eigenvalue weighted by Crippen LogP contribution is -2.53. The Morgan fingerprint density at radius 2 is 1.63 bits per heavy atom. The van der Waals surface area contributed by atoms with Gasteiger partial charge in [0.05, 0.1) is 34.4 Å². The molecule has 17 heteroatoms. The van der Waals surface area contributed by atoms with Gasteiger partial charge in [-0.25, -0.2) is 13.8 Å². The molecule has 0 spiro atoms. The third-order valence-corrected chi connectivity index (χ3v) is 15.1. The second kappa shape index (κ2) is 19.8. The van der Waals surface area contributed by atoms with Gasteiger partial charge in [0.15, 0.2) is 0 Å². The third kappa shape index (κ3) is 10.4. The Bertz CT molecular complexity index is 2630. The number of piperidine rings is 2. The van der Waals surface area contributed by atoms with Gasteiger partial charge in [0.1, 0.15) is 30.3 Å². The van der Waals surface area contributed by atoms with Crippen molar-refractivity contribution >= 4 is 79.9 Å². The zero-order chi connectivity index (χ0) is 46.0. The molecule has 0 bridgehead atoms. The lowest BCUT2D eigenvalue weighted by atomic mass is 9.89. The van der Waals surface area contributed by atoms with E-state index in [4.69, 9.17) is 14.7 Å². The highest BCUT2D eigenvalue weighted by Gasteiger charge is 2.33. The van der Waals surface area contributed by atoms with E-state index in [9.17, 15) is 14.2 Å². The van der Waals surface area contributed by atoms with Crippen LogP contribution in [-0.4, -0.2) is 109 Å². The number of aryl methyl sites for hydroxylation is 2. The van der Waals surface area contributed by atoms with Gasteiger partial charge in [-0.15, -0.1) is 0 Å². The Balaban J connectivity index is 0.874. The summed E-state index contributed by atoms with van der Waals surface area (Å²) in [6, 6.07) is 15.2. The van der Waals surface area contributed by atoms with Gasteiger partial charge < -0.3 is 29.7 Å². The fraction of sp³-hybridized carbons (Fsp3) is 0.438. The summed E-state index contributed by atoms with van der Waals surface area (Å²) in [7, 11) is -1.08. The number of methoxy groups -OCH3 is 1. The van der Waals surface area contributed by atoms with Gasteiger partial charge in [0, 0.05) is 98.2 Å². The molecule has 0 saturated carbocycles. The largest absolute Gasteiger partial charge is 0.494 e. The molecule has 5 aromatic rings. The molecule has 5 heterocycles. The third-order valence-electron chi connectivity index (χ3n) is 13.0. The fourth-order valence-corrected chi connectivity index (χ4v) is 11.3. The van der Waals surface area contributed by atoms with Crippen molar-refractivity contribution in [3.8, 4) is 5.75 Å². The number of benzene rings is 3. The number of aromatic nitrogens is 3. The number of pyridine rings is 1. The van der Waals surface area contributed by atoms with Crippen molar-refractivity contribution in [3.63, 3.8) is 0 Å². The van der Waals surface area contributed by atoms with Crippen LogP contribution in [0.2, 0.25) is 0 Å². The molecular weight excluding hydrogens is 915 g/mol. The van der Waals surface area contributed by atoms with Crippen LogP contribution in [0.25, 0.3) is 10.9 Å². The number of anilines is 5. The van der Waals surface area contributed by atoms with Gasteiger partial charge in [-0.05, 0) is 115 Å². The van der Waals surface area contributed by atoms with E-state index in [2.05, 4.69) is 77.5 Å². The van der Waals surface area contributed by atoms with Crippen LogP contribution in [0.4, 0.5) is 37.6 Å². The van der Waals surface area contributed by atoms with Gasteiger partial charge in [-0.1, -0.05) is 19.9 Å². The van der Waals surface area contributed by atoms with E-state index >= 15 is 8.78 Å². The van der Waals surface area contributed by atoms with Crippen molar-refractivity contribution in [1.29, 1.82) is 0 Å². The normalized spacial score (nSPS) is 18.0. The predicted molar refractivity (Wildman–Crippen MR) is 257 cm³/mol. The lowest BCUT2D eigenvalue weighted by molar-refractivity contribution is -0.134. The van der Waals surface area contributed by atoms with Gasteiger partial charge >= 0.3 is 0 Å². The first-order valence-electron chi connectivity index (χ1n) is 22.5. The standard InChI is InChI=1S/C48H57BrF2N9O4P/c1-6-30-26-40(55-48-52-28-35(49)46(57-48)54-39-12-11-38-33(45(39)65(4,5)63)9-8-31(7-2)53-38)42(64-3)27-41(30)60-18-15-32(16-19-60)59-22-20-58(21-23-59)17-14-29-24-36(50)44(37(51)25-29)34-10-13-43(61)56-47(34)62/h8-9,11-12,24-28,32,34H,6-7,10,13-23H2,1-5H3,(H,56,61,62)(H2,52,54,55,57)/t34-/m0/s1. The molecule has 65 heavy (non-hydrogen) atoms. The van der Waals surface area contributed by atoms with Crippen LogP contribution >= 0.6 is 23.1 Å². The molecule has 2 aromatic heterocycles. The number of hydrogen-bond acceptors (Lipinski definition) is 12. The number of imide groups is 1. The molecule has 3 aliphatic heterocycles. The van der Waals surface area contributed by atoms with E-state index in [-0.39, 0.29) is 18.4 Å². The van der Waals surface area contributed by atoms with Crippen LogP contribution in [0, 0.1) is 11.6 Å². The minimum atomic E-state index is -2.75. The number of nitrogens with zero attached hydrogens (tertiary/aromatic N) is 6. The highest BCUT2D eigenvalue weighted by atomic mass is 79.9. The molecular formula is C48H57BrF2N9O4P. The fourth-order valence-electron chi connectivity index (χ4n) is 9.52. The molecule has 0 radical (unpaired) electrons. The molecule has 2 amide bonds. The molecule has 1 atom stereocenters. The number of carbonyl (C=O) groups excluding carboxylic acids is 2. The van der Waals surface area contributed by atoms with Gasteiger partial charge in [0.2, 0.25) is 17.8 Å². The number of carbonyl (C=O) groups is 2. The zero-order valence-corrected chi connectivity index (χ0v) is 40.1. The maximum Gasteiger partial charge on any atom is 0.234 e. The number of amides is 2. The first-order valence-corrected chi connectivity index (χ1v) is 25.9. The summed E-state index contributed by atoms with van der Waals surface area (Å²) in [6.07, 6.45) is 6.06. The Labute approximate surface area is 387 Å². The molecule has 8 rings (SSSR count). The van der Waals surface area contributed by atoms with Gasteiger partial charge in [0.25, 0.3) is 0 Å². The Kier molecular flexibility index (Phi) is 14.2. The number of piperazine rings is 1. The molecule has 3 N–H and O–H groups in total. The molecule has 13 nitrogen and oxygen atoms in total. The van der Waals surface area contributed by atoms with Crippen molar-refractivity contribution in [2.45, 2.75) is 70.8 Å². The topological polar surface area (TPSA) is 145 Å². The summed E-state index contributed by atoms with van der Waals surface area (Å²) in [5.74, 6) is -1.94. The maximum absolute atomic E-state index is 15.1. The average Bonchev–Trinajstić information content (AvgIpc) is 3.29. The van der Waals surface area contributed by atoms with Crippen LogP contribution in [0.3, 0.4) is 0 Å². The average molecular weight is 973 g/mol. The highest BCUT2D eigenvalue weighted by molar-refractivity contribution is 9.10. The van der Waals surface area contributed by atoms with Crippen molar-refractivity contribution in [1.82, 2.24) is 30.1 Å². The van der Waals surface area contributed by atoms with E-state index < -0.39 is 36.5 Å². The summed E-state index contributed by atoms with van der Waals surface area (Å²) in [4.78, 5) is 45.4. The van der Waals surface area contributed by atoms with E-state index in [0.29, 0.717) is 52.2 Å². The van der Waals surface area contributed by atoms with E-state index in [0.717, 1.165) is 98.2 Å². The molecule has 3 aliphatic rings. The van der Waals surface area contributed by atoms with Crippen LogP contribution in [0.1, 0.15) is 67.8 Å². The Hall–Kier alpha value is -5.02. The van der Waals surface area contributed by atoms with Crippen molar-refractivity contribution in [3.05, 3.63) is 93.2 Å². The molecule has 0 aliphatic carbocycles. The van der Waals surface area contributed by atoms with Gasteiger partial charge in [-0.2, -0.15) is 4.98 Å². The smallest absolute Gasteiger partial charge is 0.234 e. The van der Waals surface area contributed by atoms with Crippen molar-refractivity contribution < 1.29 is 27.7 Å². The Morgan fingerprint density at radius 3 is 2.29 bits per heavy atom. The number of nitrogens with one attached hydrogen (secondary N) is 3. The van der Waals surface area contributed by atoms with Crippen LogP contribution in [-0.2, 0) is 33.4 Å². The lowest BCUT2D eigenvalue weighted by Gasteiger charge is -2.43. The molecule has 344 valence electrons. The van der Waals surface area contributed by atoms with Crippen molar-refractivity contribution in [2.75, 3.05) is 81.8 Å². The minimum Gasteiger partial charge on any atom is -0.494 e. The second-order valence-corrected chi connectivity index (χ2v) is 21.5. The summed E-state index contributed by atoms with van der Waals surface area (Å²) in [5.41, 5.74) is 5.89. The van der Waals surface area contributed by atoms with Crippen LogP contribution in [0.15, 0.2) is 59.2 Å². The molecule has 3 fully saturated rings. The quantitative estimate of drug-likeness (QED) is 0.0728. The maximum atomic E-state index is 15.1. The molecule has 3 saturated heterocycles. The van der Waals surface area contributed by atoms with Crippen LogP contribution in [0.5, 0.6) is 5.75 Å². The van der Waals surface area contributed by atoms with Gasteiger partial charge in [-0.3, -0.25) is 24.8 Å². The highest BCUT2D eigenvalue weighted by Crippen LogP contribution is 2.42. The summed E-state index contributed by atoms with van der Waals surface area (Å²) in [5, 5.41) is 10.6. The second-order valence-electron chi connectivity index (χ2n) is 17.5. The van der Waals surface area contributed by atoms with E-state index in [1.54, 1.807) is 26.6 Å². The summed E-state index contributed by atoms with van der Waals surface area (Å²) >= 11 is 3.62. The summed E-state index contributed by atoms with van der Waals surface area (Å²) < 4.78 is 50.5. The van der Waals surface area contributed by atoms with E-state index in [1.807, 2.05) is 24.3 Å². The SMILES string of the molecule is CCc1ccc2c(P(C)(C)=O)c(Nc3nc(Nc4cc(CC)c(N5CCC(N6CCN(CCc7cc(F)c([C@@H]8CCC(=O)NC8=O)c(F)c7)CC6)CC5)cc4OC)ncc3Br)ccc2n1. The Morgan fingerprint density at radius 1 is 0.892 bits per heavy atom. The van der Waals surface area contributed by atoms with Crippen LogP contribution < -0.4 is 30.9 Å². The number of halogens is 3.